The number of nitrogens with zero attached hydrogens (tertiary/aromatic N) is 1. The van der Waals surface area contributed by atoms with Gasteiger partial charge in [-0.05, 0) is 32.1 Å². The molecule has 0 radical (unpaired) electrons. The summed E-state index contributed by atoms with van der Waals surface area (Å²) in [6, 6.07) is 8.17. The Hall–Kier alpha value is -1.39. The fraction of sp³-hybridized carbons (Fsp3) is 0.533. The number of ether oxygens (including phenoxy) is 2. The van der Waals surface area contributed by atoms with Crippen LogP contribution in [-0.4, -0.2) is 38.7 Å². The molecule has 1 rings (SSSR count). The highest BCUT2D eigenvalue weighted by Crippen LogP contribution is 2.23. The molecule has 0 saturated heterocycles. The Labute approximate surface area is 115 Å². The summed E-state index contributed by atoms with van der Waals surface area (Å²) in [6.07, 6.45) is 0.366. The lowest BCUT2D eigenvalue weighted by atomic mass is 10.0. The molecule has 4 heteroatoms. The first kappa shape index (κ1) is 15.7. The second kappa shape index (κ2) is 7.92. The van der Waals surface area contributed by atoms with Gasteiger partial charge in [-0.1, -0.05) is 24.3 Å². The number of carbonyl (C=O) groups is 1. The maximum atomic E-state index is 11.6. The minimum Gasteiger partial charge on any atom is -0.466 e. The average molecular weight is 265 g/mol. The summed E-state index contributed by atoms with van der Waals surface area (Å²) in [7, 11) is 5.61. The second-order valence-electron chi connectivity index (χ2n) is 4.66. The molecule has 106 valence electrons. The molecule has 0 bridgehead atoms. The van der Waals surface area contributed by atoms with E-state index in [1.165, 1.54) is 0 Å². The van der Waals surface area contributed by atoms with Gasteiger partial charge >= 0.3 is 5.97 Å². The Kier molecular flexibility index (Phi) is 6.53. The molecule has 0 aliphatic heterocycles. The van der Waals surface area contributed by atoms with E-state index in [0.29, 0.717) is 19.6 Å². The molecular weight excluding hydrogens is 242 g/mol. The van der Waals surface area contributed by atoms with Crippen LogP contribution >= 0.6 is 0 Å². The Morgan fingerprint density at radius 3 is 2.37 bits per heavy atom. The van der Waals surface area contributed by atoms with Crippen LogP contribution in [-0.2, 0) is 20.9 Å². The lowest BCUT2D eigenvalue weighted by Gasteiger charge is -2.24. The van der Waals surface area contributed by atoms with Gasteiger partial charge in [-0.25, -0.2) is 0 Å². The number of benzene rings is 1. The number of carbonyl (C=O) groups excluding carboxylic acids is 1. The normalized spacial score (nSPS) is 12.5. The maximum Gasteiger partial charge on any atom is 0.307 e. The maximum absolute atomic E-state index is 11.6. The summed E-state index contributed by atoms with van der Waals surface area (Å²) in [5.41, 5.74) is 2.23. The van der Waals surface area contributed by atoms with E-state index in [4.69, 9.17) is 9.47 Å². The van der Waals surface area contributed by atoms with Crippen molar-refractivity contribution >= 4 is 5.97 Å². The summed E-state index contributed by atoms with van der Waals surface area (Å²) in [5.74, 6) is -0.165. The highest BCUT2D eigenvalue weighted by Gasteiger charge is 2.18. The molecule has 0 aromatic heterocycles. The standard InChI is InChI=1S/C15H23NO3/c1-5-19-15(17)10-14(16(2)3)13-8-6-12(7-9-13)11-18-4/h6-9,14H,5,10-11H2,1-4H3. The van der Waals surface area contributed by atoms with E-state index in [1.807, 2.05) is 50.2 Å². The van der Waals surface area contributed by atoms with E-state index < -0.39 is 0 Å². The third-order valence-electron chi connectivity index (χ3n) is 2.96. The summed E-state index contributed by atoms with van der Waals surface area (Å²) in [6.45, 7) is 2.85. The van der Waals surface area contributed by atoms with Gasteiger partial charge in [0.1, 0.15) is 0 Å². The minimum absolute atomic E-state index is 0.0376. The second-order valence-corrected chi connectivity index (χ2v) is 4.66. The zero-order valence-corrected chi connectivity index (χ0v) is 12.2. The number of esters is 1. The zero-order valence-electron chi connectivity index (χ0n) is 12.2. The smallest absolute Gasteiger partial charge is 0.307 e. The van der Waals surface area contributed by atoms with Crippen molar-refractivity contribution in [3.05, 3.63) is 35.4 Å². The average Bonchev–Trinajstić information content (AvgIpc) is 2.37. The van der Waals surface area contributed by atoms with Crippen molar-refractivity contribution < 1.29 is 14.3 Å². The van der Waals surface area contributed by atoms with Gasteiger partial charge in [0.25, 0.3) is 0 Å². The van der Waals surface area contributed by atoms with Crippen LogP contribution in [0.25, 0.3) is 0 Å². The lowest BCUT2D eigenvalue weighted by molar-refractivity contribution is -0.144. The molecular formula is C15H23NO3. The third-order valence-corrected chi connectivity index (χ3v) is 2.96. The third kappa shape index (κ3) is 5.01. The van der Waals surface area contributed by atoms with Crippen LogP contribution in [0.2, 0.25) is 0 Å². The van der Waals surface area contributed by atoms with Gasteiger partial charge in [0.15, 0.2) is 0 Å². The molecule has 19 heavy (non-hydrogen) atoms. The van der Waals surface area contributed by atoms with Crippen LogP contribution < -0.4 is 0 Å². The Balaban J connectivity index is 2.78. The summed E-state index contributed by atoms with van der Waals surface area (Å²) in [4.78, 5) is 13.7. The Bertz CT molecular complexity index is 387. The van der Waals surface area contributed by atoms with E-state index in [1.54, 1.807) is 7.11 Å². The van der Waals surface area contributed by atoms with Crippen LogP contribution in [0.1, 0.15) is 30.5 Å². The molecule has 0 heterocycles. The summed E-state index contributed by atoms with van der Waals surface area (Å²) >= 11 is 0. The van der Waals surface area contributed by atoms with Crippen molar-refractivity contribution in [3.63, 3.8) is 0 Å². The van der Waals surface area contributed by atoms with Gasteiger partial charge < -0.3 is 14.4 Å². The number of hydrogen-bond acceptors (Lipinski definition) is 4. The highest BCUT2D eigenvalue weighted by atomic mass is 16.5. The van der Waals surface area contributed by atoms with Crippen LogP contribution in [0, 0.1) is 0 Å². The van der Waals surface area contributed by atoms with Gasteiger partial charge in [-0.15, -0.1) is 0 Å². The fourth-order valence-electron chi connectivity index (χ4n) is 1.98. The van der Waals surface area contributed by atoms with Gasteiger partial charge in [0.2, 0.25) is 0 Å². The van der Waals surface area contributed by atoms with Crippen LogP contribution in [0.3, 0.4) is 0 Å². The van der Waals surface area contributed by atoms with Gasteiger partial charge in [-0.2, -0.15) is 0 Å². The van der Waals surface area contributed by atoms with E-state index >= 15 is 0 Å². The predicted octanol–water partition coefficient (Wildman–Crippen LogP) is 2.39. The number of hydrogen-bond donors (Lipinski definition) is 0. The van der Waals surface area contributed by atoms with Gasteiger partial charge in [0, 0.05) is 13.2 Å². The molecule has 0 amide bonds. The molecule has 0 fully saturated rings. The topological polar surface area (TPSA) is 38.8 Å². The molecule has 1 atom stereocenters. The first-order valence-electron chi connectivity index (χ1n) is 6.48. The van der Waals surface area contributed by atoms with Crippen molar-refractivity contribution in [2.45, 2.75) is 26.0 Å². The monoisotopic (exact) mass is 265 g/mol. The Morgan fingerprint density at radius 2 is 1.89 bits per heavy atom. The minimum atomic E-state index is -0.165. The molecule has 1 aromatic rings. The number of rotatable bonds is 7. The molecule has 0 spiro atoms. The van der Waals surface area contributed by atoms with Crippen molar-refractivity contribution in [2.24, 2.45) is 0 Å². The fourth-order valence-corrected chi connectivity index (χ4v) is 1.98. The molecule has 0 aliphatic carbocycles. The van der Waals surface area contributed by atoms with E-state index in [9.17, 15) is 4.79 Å². The zero-order chi connectivity index (χ0) is 14.3. The van der Waals surface area contributed by atoms with E-state index in [0.717, 1.165) is 11.1 Å². The molecule has 0 aliphatic rings. The van der Waals surface area contributed by atoms with Crippen LogP contribution in [0.4, 0.5) is 0 Å². The quantitative estimate of drug-likeness (QED) is 0.710. The first-order chi connectivity index (χ1) is 9.08. The SMILES string of the molecule is CCOC(=O)CC(c1ccc(COC)cc1)N(C)C. The van der Waals surface area contributed by atoms with E-state index in [-0.39, 0.29) is 12.0 Å². The number of methoxy groups -OCH3 is 1. The lowest BCUT2D eigenvalue weighted by Crippen LogP contribution is -2.23. The van der Waals surface area contributed by atoms with E-state index in [2.05, 4.69) is 0 Å². The van der Waals surface area contributed by atoms with Crippen molar-refractivity contribution in [1.82, 2.24) is 4.90 Å². The largest absolute Gasteiger partial charge is 0.466 e. The molecule has 1 unspecified atom stereocenters. The molecule has 0 saturated carbocycles. The highest BCUT2D eigenvalue weighted by molar-refractivity contribution is 5.70. The van der Waals surface area contributed by atoms with Crippen LogP contribution in [0.5, 0.6) is 0 Å². The van der Waals surface area contributed by atoms with Crippen molar-refractivity contribution in [1.29, 1.82) is 0 Å². The summed E-state index contributed by atoms with van der Waals surface area (Å²) < 4.78 is 10.1. The molecule has 1 aromatic carbocycles. The molecule has 0 N–H and O–H groups in total. The first-order valence-corrected chi connectivity index (χ1v) is 6.48. The van der Waals surface area contributed by atoms with Crippen molar-refractivity contribution in [2.75, 3.05) is 27.8 Å². The Morgan fingerprint density at radius 1 is 1.26 bits per heavy atom. The predicted molar refractivity (Wildman–Crippen MR) is 74.8 cm³/mol. The van der Waals surface area contributed by atoms with Gasteiger partial charge in [0.05, 0.1) is 19.6 Å². The summed E-state index contributed by atoms with van der Waals surface area (Å²) in [5, 5.41) is 0. The molecule has 4 nitrogen and oxygen atoms in total. The van der Waals surface area contributed by atoms with Gasteiger partial charge in [-0.3, -0.25) is 4.79 Å². The van der Waals surface area contributed by atoms with Crippen molar-refractivity contribution in [3.8, 4) is 0 Å². The van der Waals surface area contributed by atoms with Crippen LogP contribution in [0.15, 0.2) is 24.3 Å².